The van der Waals surface area contributed by atoms with E-state index in [2.05, 4.69) is 31.3 Å². The van der Waals surface area contributed by atoms with Crippen LogP contribution >= 0.6 is 23.2 Å². The molecule has 1 saturated carbocycles. The zero-order valence-corrected chi connectivity index (χ0v) is 18.9. The number of aromatic nitrogens is 4. The Labute approximate surface area is 195 Å². The van der Waals surface area contributed by atoms with Crippen molar-refractivity contribution in [1.82, 2.24) is 24.6 Å². The highest BCUT2D eigenvalue weighted by Crippen LogP contribution is 2.41. The van der Waals surface area contributed by atoms with Gasteiger partial charge in [-0.2, -0.15) is 5.10 Å². The lowest BCUT2D eigenvalue weighted by Crippen LogP contribution is -2.56. The molecule has 2 aromatic heterocycles. The van der Waals surface area contributed by atoms with E-state index in [1.165, 1.54) is 6.42 Å². The minimum atomic E-state index is 0.420. The lowest BCUT2D eigenvalue weighted by Gasteiger charge is -2.43. The van der Waals surface area contributed by atoms with Crippen molar-refractivity contribution in [1.29, 1.82) is 0 Å². The number of halogens is 2. The summed E-state index contributed by atoms with van der Waals surface area (Å²) in [4.78, 5) is 14.3. The standard InChI is InChI=1S/C22H23Cl2N7O/c23-17-3-12-6-25-22(28-19-7-26-31(21(19)24)13-1-2-13)27-18(12)5-20(17)30-9-14-4-15(30)8-29(14)16-10-32-11-16/h3,5-7,13-16H,1-2,4,8-11H2,(H,25,27,28)/t14-,15-/m0/s1. The molecule has 7 rings (SSSR count). The summed E-state index contributed by atoms with van der Waals surface area (Å²) in [5, 5.41) is 9.89. The van der Waals surface area contributed by atoms with Gasteiger partial charge in [-0.1, -0.05) is 23.2 Å². The third-order valence-electron chi connectivity index (χ3n) is 7.20. The number of hydrogen-bond donors (Lipinski definition) is 1. The molecule has 4 fully saturated rings. The van der Waals surface area contributed by atoms with Crippen LogP contribution in [0.15, 0.2) is 24.5 Å². The highest BCUT2D eigenvalue weighted by molar-refractivity contribution is 6.34. The van der Waals surface area contributed by atoms with E-state index in [4.69, 9.17) is 32.9 Å². The SMILES string of the molecule is Clc1cc2cnc(Nc3cnn(C4CC4)c3Cl)nc2cc1N1C[C@@H]2C[C@H]1CN2C1COC1. The highest BCUT2D eigenvalue weighted by Gasteiger charge is 2.47. The fourth-order valence-electron chi connectivity index (χ4n) is 5.30. The maximum Gasteiger partial charge on any atom is 0.227 e. The van der Waals surface area contributed by atoms with Gasteiger partial charge in [-0.15, -0.1) is 0 Å². The zero-order chi connectivity index (χ0) is 21.4. The number of piperazine rings is 1. The topological polar surface area (TPSA) is 71.3 Å². The molecule has 0 amide bonds. The average Bonchev–Trinajstić information content (AvgIpc) is 3.24. The summed E-state index contributed by atoms with van der Waals surface area (Å²) in [5.74, 6) is 0.502. The molecule has 3 aliphatic heterocycles. The van der Waals surface area contributed by atoms with E-state index in [0.29, 0.717) is 35.3 Å². The predicted molar refractivity (Wildman–Crippen MR) is 124 cm³/mol. The summed E-state index contributed by atoms with van der Waals surface area (Å²) in [5.41, 5.74) is 2.64. The summed E-state index contributed by atoms with van der Waals surface area (Å²) in [6, 6.07) is 6.14. The van der Waals surface area contributed by atoms with Crippen LogP contribution in [0.5, 0.6) is 0 Å². The monoisotopic (exact) mass is 471 g/mol. The van der Waals surface area contributed by atoms with Crippen LogP contribution in [0.1, 0.15) is 25.3 Å². The van der Waals surface area contributed by atoms with Gasteiger partial charge in [-0.05, 0) is 31.4 Å². The smallest absolute Gasteiger partial charge is 0.227 e. The Morgan fingerprint density at radius 1 is 1.00 bits per heavy atom. The molecule has 2 bridgehead atoms. The largest absolute Gasteiger partial charge is 0.378 e. The molecule has 10 heteroatoms. The molecular formula is C22H23Cl2N7O. The molecule has 0 radical (unpaired) electrons. The van der Waals surface area contributed by atoms with Crippen molar-refractivity contribution in [2.45, 2.75) is 43.4 Å². The molecule has 8 nitrogen and oxygen atoms in total. The second-order valence-corrected chi connectivity index (χ2v) is 10.1. The predicted octanol–water partition coefficient (Wildman–Crippen LogP) is 3.87. The Hall–Kier alpha value is -2.13. The molecule has 4 aliphatic rings. The quantitative estimate of drug-likeness (QED) is 0.605. The molecule has 1 aromatic carbocycles. The lowest BCUT2D eigenvalue weighted by molar-refractivity contribution is -0.0708. The first-order chi connectivity index (χ1) is 15.6. The van der Waals surface area contributed by atoms with Crippen LogP contribution in [0, 0.1) is 0 Å². The van der Waals surface area contributed by atoms with Gasteiger partial charge in [0.05, 0.1) is 53.4 Å². The molecular weight excluding hydrogens is 449 g/mol. The first-order valence-electron chi connectivity index (χ1n) is 11.2. The van der Waals surface area contributed by atoms with Gasteiger partial charge in [0.2, 0.25) is 5.95 Å². The molecule has 3 saturated heterocycles. The number of ether oxygens (including phenoxy) is 1. The molecule has 1 aliphatic carbocycles. The first-order valence-corrected chi connectivity index (χ1v) is 12.0. The Kier molecular flexibility index (Phi) is 4.34. The molecule has 32 heavy (non-hydrogen) atoms. The van der Waals surface area contributed by atoms with Crippen LogP contribution in [0.4, 0.5) is 17.3 Å². The molecule has 3 aromatic rings. The van der Waals surface area contributed by atoms with Crippen LogP contribution in [0.2, 0.25) is 10.2 Å². The van der Waals surface area contributed by atoms with Crippen LogP contribution < -0.4 is 10.2 Å². The maximum absolute atomic E-state index is 6.71. The van der Waals surface area contributed by atoms with E-state index < -0.39 is 0 Å². The van der Waals surface area contributed by atoms with Crippen molar-refractivity contribution in [3.63, 3.8) is 0 Å². The van der Waals surface area contributed by atoms with Crippen LogP contribution in [-0.2, 0) is 4.74 Å². The summed E-state index contributed by atoms with van der Waals surface area (Å²) >= 11 is 13.2. The fraction of sp³-hybridized carbons (Fsp3) is 0.500. The normalized spacial score (nSPS) is 25.6. The second kappa shape index (κ2) is 7.18. The van der Waals surface area contributed by atoms with E-state index in [1.807, 2.05) is 10.7 Å². The minimum Gasteiger partial charge on any atom is -0.378 e. The third kappa shape index (κ3) is 3.08. The third-order valence-corrected chi connectivity index (χ3v) is 7.88. The molecule has 2 atom stereocenters. The first kappa shape index (κ1) is 19.3. The van der Waals surface area contributed by atoms with E-state index in [9.17, 15) is 0 Å². The molecule has 5 heterocycles. The zero-order valence-electron chi connectivity index (χ0n) is 17.4. The summed E-state index contributed by atoms with van der Waals surface area (Å²) < 4.78 is 7.27. The number of fused-ring (bicyclic) bond motifs is 3. The van der Waals surface area contributed by atoms with Crippen LogP contribution in [0.3, 0.4) is 0 Å². The molecule has 0 spiro atoms. The van der Waals surface area contributed by atoms with Crippen molar-refractivity contribution in [2.75, 3.05) is 36.5 Å². The van der Waals surface area contributed by atoms with Crippen molar-refractivity contribution >= 4 is 51.4 Å². The van der Waals surface area contributed by atoms with Gasteiger partial charge >= 0.3 is 0 Å². The lowest BCUT2D eigenvalue weighted by atomic mass is 10.1. The van der Waals surface area contributed by atoms with Crippen molar-refractivity contribution in [2.24, 2.45) is 0 Å². The molecule has 0 unspecified atom stereocenters. The molecule has 1 N–H and O–H groups in total. The number of rotatable bonds is 5. The summed E-state index contributed by atoms with van der Waals surface area (Å²) in [6.07, 6.45) is 6.98. The number of nitrogens with one attached hydrogen (secondary N) is 1. The fourth-order valence-corrected chi connectivity index (χ4v) is 5.86. The van der Waals surface area contributed by atoms with Crippen molar-refractivity contribution < 1.29 is 4.74 Å². The van der Waals surface area contributed by atoms with Gasteiger partial charge in [0, 0.05) is 36.8 Å². The second-order valence-electron chi connectivity index (χ2n) is 9.29. The van der Waals surface area contributed by atoms with Gasteiger partial charge in [0.15, 0.2) is 5.15 Å². The van der Waals surface area contributed by atoms with Gasteiger partial charge in [0.25, 0.3) is 0 Å². The van der Waals surface area contributed by atoms with E-state index in [-0.39, 0.29) is 0 Å². The van der Waals surface area contributed by atoms with E-state index in [0.717, 1.165) is 66.4 Å². The number of hydrogen-bond acceptors (Lipinski definition) is 7. The average molecular weight is 472 g/mol. The Balaban J connectivity index is 1.16. The maximum atomic E-state index is 6.71. The Morgan fingerprint density at radius 2 is 1.88 bits per heavy atom. The van der Waals surface area contributed by atoms with E-state index in [1.54, 1.807) is 12.4 Å². The van der Waals surface area contributed by atoms with Crippen LogP contribution in [0.25, 0.3) is 10.9 Å². The number of anilines is 3. The summed E-state index contributed by atoms with van der Waals surface area (Å²) in [7, 11) is 0. The minimum absolute atomic E-state index is 0.420. The van der Waals surface area contributed by atoms with Gasteiger partial charge in [-0.3, -0.25) is 4.90 Å². The van der Waals surface area contributed by atoms with Gasteiger partial charge in [-0.25, -0.2) is 14.6 Å². The molecule has 166 valence electrons. The Morgan fingerprint density at radius 3 is 2.59 bits per heavy atom. The van der Waals surface area contributed by atoms with E-state index >= 15 is 0 Å². The number of likely N-dealkylation sites (tertiary alicyclic amines) is 1. The number of benzene rings is 1. The Bertz CT molecular complexity index is 1210. The van der Waals surface area contributed by atoms with Crippen molar-refractivity contribution in [3.05, 3.63) is 34.7 Å². The van der Waals surface area contributed by atoms with Gasteiger partial charge < -0.3 is 15.0 Å². The summed E-state index contributed by atoms with van der Waals surface area (Å²) in [6.45, 7) is 3.82. The number of nitrogens with zero attached hydrogens (tertiary/aromatic N) is 6. The van der Waals surface area contributed by atoms with Gasteiger partial charge in [0.1, 0.15) is 0 Å². The van der Waals surface area contributed by atoms with Crippen LogP contribution in [-0.4, -0.2) is 69.1 Å². The highest BCUT2D eigenvalue weighted by atomic mass is 35.5. The van der Waals surface area contributed by atoms with Crippen molar-refractivity contribution in [3.8, 4) is 0 Å².